The molecule has 0 fully saturated rings. The van der Waals surface area contributed by atoms with Crippen molar-refractivity contribution in [2.24, 2.45) is 5.73 Å². The van der Waals surface area contributed by atoms with Crippen molar-refractivity contribution in [3.8, 4) is 0 Å². The van der Waals surface area contributed by atoms with Crippen molar-refractivity contribution in [3.63, 3.8) is 0 Å². The van der Waals surface area contributed by atoms with Crippen LogP contribution in [-0.4, -0.2) is 40.4 Å². The lowest BCUT2D eigenvalue weighted by Crippen LogP contribution is -2.21. The summed E-state index contributed by atoms with van der Waals surface area (Å²) in [5, 5.41) is 16.2. The van der Waals surface area contributed by atoms with Gasteiger partial charge in [0.2, 0.25) is 0 Å². The molecule has 0 bridgehead atoms. The van der Waals surface area contributed by atoms with Crippen molar-refractivity contribution in [3.05, 3.63) is 11.9 Å². The Kier molecular flexibility index (Phi) is 3.81. The number of aromatic nitrogens is 3. The van der Waals surface area contributed by atoms with Gasteiger partial charge in [0.15, 0.2) is 0 Å². The fourth-order valence-corrected chi connectivity index (χ4v) is 1.09. The van der Waals surface area contributed by atoms with Gasteiger partial charge in [-0.1, -0.05) is 5.21 Å². The van der Waals surface area contributed by atoms with Gasteiger partial charge in [-0.15, -0.1) is 5.10 Å². The smallest absolute Gasteiger partial charge is 0.0778 e. The molecule has 3 N–H and O–H groups in total. The average molecular weight is 186 g/mol. The lowest BCUT2D eigenvalue weighted by molar-refractivity contribution is 0.176. The fraction of sp³-hybridized carbons (Fsp3) is 0.714. The van der Waals surface area contributed by atoms with E-state index in [-0.39, 0.29) is 12.6 Å². The number of aliphatic hydroxyl groups excluding tert-OH is 1. The van der Waals surface area contributed by atoms with Gasteiger partial charge in [0.1, 0.15) is 0 Å². The van der Waals surface area contributed by atoms with Gasteiger partial charge >= 0.3 is 0 Å². The second-order valence-electron chi connectivity index (χ2n) is 2.67. The third kappa shape index (κ3) is 2.48. The first-order valence-corrected chi connectivity index (χ1v) is 4.03. The number of nitrogens with two attached hydrogens (primary N) is 1. The van der Waals surface area contributed by atoms with E-state index < -0.39 is 0 Å². The van der Waals surface area contributed by atoms with Gasteiger partial charge in [0.25, 0.3) is 0 Å². The molecule has 0 saturated heterocycles. The molecule has 0 unspecified atom stereocenters. The number of rotatable bonds is 5. The predicted octanol–water partition coefficient (Wildman–Crippen LogP) is -1.08. The van der Waals surface area contributed by atoms with Crippen LogP contribution >= 0.6 is 0 Å². The zero-order chi connectivity index (χ0) is 9.68. The van der Waals surface area contributed by atoms with Crippen LogP contribution in [0.5, 0.6) is 0 Å². The molecular weight excluding hydrogens is 172 g/mol. The molecule has 0 aliphatic heterocycles. The highest BCUT2D eigenvalue weighted by molar-refractivity contribution is 5.00. The maximum atomic E-state index is 8.71. The number of aliphatic hydroxyl groups is 1. The van der Waals surface area contributed by atoms with Gasteiger partial charge < -0.3 is 15.6 Å². The molecule has 6 nitrogen and oxygen atoms in total. The summed E-state index contributed by atoms with van der Waals surface area (Å²) in [6, 6.07) is -0.244. The van der Waals surface area contributed by atoms with Crippen LogP contribution in [0.1, 0.15) is 11.7 Å². The Morgan fingerprint density at radius 2 is 2.54 bits per heavy atom. The fourth-order valence-electron chi connectivity index (χ4n) is 1.09. The molecule has 1 aromatic rings. The van der Waals surface area contributed by atoms with E-state index in [0.29, 0.717) is 13.2 Å². The first-order chi connectivity index (χ1) is 6.29. The molecule has 1 atom stereocenters. The SMILES string of the molecule is COC[C@@H](N)c1cnnn1CCO. The maximum Gasteiger partial charge on any atom is 0.0778 e. The van der Waals surface area contributed by atoms with Crippen molar-refractivity contribution in [1.29, 1.82) is 0 Å². The predicted molar refractivity (Wildman–Crippen MR) is 45.9 cm³/mol. The van der Waals surface area contributed by atoms with Gasteiger partial charge in [0, 0.05) is 7.11 Å². The number of hydrogen-bond donors (Lipinski definition) is 2. The van der Waals surface area contributed by atoms with Crippen molar-refractivity contribution in [2.45, 2.75) is 12.6 Å². The van der Waals surface area contributed by atoms with E-state index in [9.17, 15) is 0 Å². The molecule has 13 heavy (non-hydrogen) atoms. The lowest BCUT2D eigenvalue weighted by atomic mass is 10.2. The van der Waals surface area contributed by atoms with E-state index >= 15 is 0 Å². The molecule has 0 radical (unpaired) electrons. The van der Waals surface area contributed by atoms with Crippen LogP contribution in [0.25, 0.3) is 0 Å². The first kappa shape index (κ1) is 10.1. The Balaban J connectivity index is 2.68. The summed E-state index contributed by atoms with van der Waals surface area (Å²) in [7, 11) is 1.58. The van der Waals surface area contributed by atoms with Crippen molar-refractivity contribution < 1.29 is 9.84 Å². The van der Waals surface area contributed by atoms with Crippen LogP contribution in [0.15, 0.2) is 6.20 Å². The summed E-state index contributed by atoms with van der Waals surface area (Å²) in [4.78, 5) is 0. The molecule has 0 amide bonds. The van der Waals surface area contributed by atoms with E-state index in [1.165, 1.54) is 0 Å². The third-order valence-electron chi connectivity index (χ3n) is 1.69. The standard InChI is InChI=1S/C7H14N4O2/c1-13-5-6(8)7-4-9-10-11(7)2-3-12/h4,6,12H,2-3,5,8H2,1H3/t6-/m1/s1. The second kappa shape index (κ2) is 4.90. The summed E-state index contributed by atoms with van der Waals surface area (Å²) >= 11 is 0. The zero-order valence-electron chi connectivity index (χ0n) is 7.55. The largest absolute Gasteiger partial charge is 0.394 e. The van der Waals surface area contributed by atoms with E-state index in [2.05, 4.69) is 10.3 Å². The van der Waals surface area contributed by atoms with E-state index in [1.54, 1.807) is 18.0 Å². The van der Waals surface area contributed by atoms with Gasteiger partial charge in [-0.05, 0) is 0 Å². The van der Waals surface area contributed by atoms with Crippen LogP contribution < -0.4 is 5.73 Å². The zero-order valence-corrected chi connectivity index (χ0v) is 7.55. The topological polar surface area (TPSA) is 86.2 Å². The molecule has 0 aliphatic rings. The van der Waals surface area contributed by atoms with Gasteiger partial charge in [-0.25, -0.2) is 4.68 Å². The van der Waals surface area contributed by atoms with E-state index in [4.69, 9.17) is 15.6 Å². The molecular formula is C7H14N4O2. The minimum atomic E-state index is -0.244. The van der Waals surface area contributed by atoms with E-state index in [0.717, 1.165) is 5.69 Å². The van der Waals surface area contributed by atoms with Crippen molar-refractivity contribution >= 4 is 0 Å². The highest BCUT2D eigenvalue weighted by atomic mass is 16.5. The van der Waals surface area contributed by atoms with Crippen LogP contribution in [0, 0.1) is 0 Å². The molecule has 1 rings (SSSR count). The summed E-state index contributed by atoms with van der Waals surface area (Å²) in [5.74, 6) is 0. The summed E-state index contributed by atoms with van der Waals surface area (Å²) in [5.41, 5.74) is 6.55. The quantitative estimate of drug-likeness (QED) is 0.610. The Labute approximate surface area is 76.3 Å². The normalized spacial score (nSPS) is 13.2. The van der Waals surface area contributed by atoms with Crippen molar-refractivity contribution in [2.75, 3.05) is 20.3 Å². The minimum Gasteiger partial charge on any atom is -0.394 e. The molecule has 6 heteroatoms. The Bertz CT molecular complexity index is 250. The molecule has 1 heterocycles. The van der Waals surface area contributed by atoms with Crippen LogP contribution in [0.4, 0.5) is 0 Å². The van der Waals surface area contributed by atoms with Crippen molar-refractivity contribution in [1.82, 2.24) is 15.0 Å². The Hall–Kier alpha value is -0.980. The van der Waals surface area contributed by atoms with Crippen LogP contribution in [-0.2, 0) is 11.3 Å². The number of ether oxygens (including phenoxy) is 1. The summed E-state index contributed by atoms with van der Waals surface area (Å²) in [6.45, 7) is 0.849. The van der Waals surface area contributed by atoms with Crippen LogP contribution in [0.3, 0.4) is 0 Å². The number of nitrogens with zero attached hydrogens (tertiary/aromatic N) is 3. The van der Waals surface area contributed by atoms with Gasteiger partial charge in [0.05, 0.1) is 37.7 Å². The summed E-state index contributed by atoms with van der Waals surface area (Å²) in [6.07, 6.45) is 1.58. The number of methoxy groups -OCH3 is 1. The minimum absolute atomic E-state index is 0.0239. The molecule has 0 aliphatic carbocycles. The highest BCUT2D eigenvalue weighted by Gasteiger charge is 2.11. The van der Waals surface area contributed by atoms with Gasteiger partial charge in [-0.3, -0.25) is 0 Å². The van der Waals surface area contributed by atoms with Crippen LogP contribution in [0.2, 0.25) is 0 Å². The molecule has 74 valence electrons. The molecule has 0 saturated carbocycles. The lowest BCUT2D eigenvalue weighted by Gasteiger charge is -2.10. The first-order valence-electron chi connectivity index (χ1n) is 4.03. The maximum absolute atomic E-state index is 8.71. The van der Waals surface area contributed by atoms with E-state index in [1.807, 2.05) is 0 Å². The Morgan fingerprint density at radius 3 is 3.15 bits per heavy atom. The molecule has 1 aromatic heterocycles. The third-order valence-corrected chi connectivity index (χ3v) is 1.69. The Morgan fingerprint density at radius 1 is 1.77 bits per heavy atom. The second-order valence-corrected chi connectivity index (χ2v) is 2.67. The summed E-state index contributed by atoms with van der Waals surface area (Å²) < 4.78 is 6.48. The molecule has 0 spiro atoms. The number of hydrogen-bond acceptors (Lipinski definition) is 5. The van der Waals surface area contributed by atoms with Gasteiger partial charge in [-0.2, -0.15) is 0 Å². The molecule has 0 aromatic carbocycles. The monoisotopic (exact) mass is 186 g/mol. The average Bonchev–Trinajstić information content (AvgIpc) is 2.54. The highest BCUT2D eigenvalue weighted by Crippen LogP contribution is 2.07.